The third kappa shape index (κ3) is 4.78. The van der Waals surface area contributed by atoms with Crippen molar-refractivity contribution in [1.82, 2.24) is 20.1 Å². The van der Waals surface area contributed by atoms with E-state index in [2.05, 4.69) is 20.7 Å². The van der Waals surface area contributed by atoms with Crippen molar-refractivity contribution in [3.63, 3.8) is 0 Å². The molecule has 0 unspecified atom stereocenters. The number of anilines is 1. The number of ether oxygens (including phenoxy) is 1. The quantitative estimate of drug-likeness (QED) is 0.412. The molecular formula is C25H23N5O4. The van der Waals surface area contributed by atoms with Crippen LogP contribution < -0.4 is 10.6 Å². The summed E-state index contributed by atoms with van der Waals surface area (Å²) in [5.74, 6) is -1.37. The van der Waals surface area contributed by atoms with E-state index in [1.54, 1.807) is 48.3 Å². The second-order valence-electron chi connectivity index (χ2n) is 7.40. The maximum Gasteiger partial charge on any atom is 0.339 e. The van der Waals surface area contributed by atoms with Gasteiger partial charge in [0.2, 0.25) is 0 Å². The highest BCUT2D eigenvalue weighted by Crippen LogP contribution is 2.25. The molecule has 34 heavy (non-hydrogen) atoms. The van der Waals surface area contributed by atoms with Crippen LogP contribution in [0.15, 0.2) is 66.9 Å². The van der Waals surface area contributed by atoms with Crippen LogP contribution in [-0.2, 0) is 16.1 Å². The minimum Gasteiger partial charge on any atom is -0.452 e. The molecule has 9 nitrogen and oxygen atoms in total. The molecule has 172 valence electrons. The molecule has 4 aromatic rings. The summed E-state index contributed by atoms with van der Waals surface area (Å²) in [5, 5.41) is 10.0. The molecule has 0 aliphatic heterocycles. The lowest BCUT2D eigenvalue weighted by Gasteiger charge is -2.10. The van der Waals surface area contributed by atoms with Crippen molar-refractivity contribution in [2.75, 3.05) is 19.0 Å². The number of nitrogens with one attached hydrogen (secondary N) is 2. The Morgan fingerprint density at radius 2 is 1.76 bits per heavy atom. The third-order valence-electron chi connectivity index (χ3n) is 5.19. The Kier molecular flexibility index (Phi) is 6.63. The Balaban J connectivity index is 1.51. The van der Waals surface area contributed by atoms with E-state index in [-0.39, 0.29) is 11.5 Å². The van der Waals surface area contributed by atoms with Gasteiger partial charge >= 0.3 is 5.97 Å². The largest absolute Gasteiger partial charge is 0.452 e. The van der Waals surface area contributed by atoms with Crippen molar-refractivity contribution in [2.24, 2.45) is 0 Å². The molecule has 2 aromatic heterocycles. The van der Waals surface area contributed by atoms with E-state index < -0.39 is 18.5 Å². The minimum absolute atomic E-state index is 0.225. The second-order valence-corrected chi connectivity index (χ2v) is 7.40. The number of rotatable bonds is 7. The van der Waals surface area contributed by atoms with E-state index in [1.807, 2.05) is 37.3 Å². The van der Waals surface area contributed by atoms with E-state index in [0.717, 1.165) is 5.56 Å². The molecule has 0 fully saturated rings. The van der Waals surface area contributed by atoms with Gasteiger partial charge in [-0.15, -0.1) is 0 Å². The third-order valence-corrected chi connectivity index (χ3v) is 5.19. The molecule has 0 saturated heterocycles. The molecule has 2 aromatic carbocycles. The highest BCUT2D eigenvalue weighted by atomic mass is 16.5. The van der Waals surface area contributed by atoms with Crippen molar-refractivity contribution in [3.8, 4) is 11.3 Å². The first kappa shape index (κ1) is 22.7. The summed E-state index contributed by atoms with van der Waals surface area (Å²) in [5.41, 5.74) is 3.25. The number of hydrogen-bond donors (Lipinski definition) is 2. The fourth-order valence-corrected chi connectivity index (χ4v) is 3.46. The SMILES string of the molecule is CCn1ncc2c(C(=O)OCC(=O)Nc3ccc(C(=O)NC)cc3)cc(-c3ccccc3)nc21. The Morgan fingerprint density at radius 3 is 2.44 bits per heavy atom. The summed E-state index contributed by atoms with van der Waals surface area (Å²) in [7, 11) is 1.54. The first-order valence-corrected chi connectivity index (χ1v) is 10.7. The number of benzene rings is 2. The predicted molar refractivity (Wildman–Crippen MR) is 127 cm³/mol. The van der Waals surface area contributed by atoms with Crippen LogP contribution in [0, 0.1) is 0 Å². The van der Waals surface area contributed by atoms with E-state index in [1.165, 1.54) is 0 Å². The van der Waals surface area contributed by atoms with Crippen molar-refractivity contribution in [1.29, 1.82) is 0 Å². The van der Waals surface area contributed by atoms with Crippen molar-refractivity contribution >= 4 is 34.5 Å². The molecule has 2 N–H and O–H groups in total. The highest BCUT2D eigenvalue weighted by molar-refractivity contribution is 6.05. The maximum absolute atomic E-state index is 12.9. The average molecular weight is 457 g/mol. The second kappa shape index (κ2) is 9.95. The summed E-state index contributed by atoms with van der Waals surface area (Å²) in [6.07, 6.45) is 1.57. The van der Waals surface area contributed by atoms with Gasteiger partial charge in [0.05, 0.1) is 22.8 Å². The van der Waals surface area contributed by atoms with E-state index in [0.29, 0.717) is 34.5 Å². The monoisotopic (exact) mass is 457 g/mol. The molecule has 0 atom stereocenters. The van der Waals surface area contributed by atoms with Crippen molar-refractivity contribution in [3.05, 3.63) is 78.0 Å². The molecule has 2 heterocycles. The normalized spacial score (nSPS) is 10.6. The zero-order valence-electron chi connectivity index (χ0n) is 18.7. The van der Waals surface area contributed by atoms with Crippen LogP contribution in [0.4, 0.5) is 5.69 Å². The van der Waals surface area contributed by atoms with Crippen LogP contribution in [0.1, 0.15) is 27.6 Å². The zero-order chi connectivity index (χ0) is 24.1. The Bertz CT molecular complexity index is 1350. The molecule has 0 aliphatic carbocycles. The zero-order valence-corrected chi connectivity index (χ0v) is 18.7. The minimum atomic E-state index is -0.648. The first-order chi connectivity index (χ1) is 16.5. The molecule has 0 aliphatic rings. The van der Waals surface area contributed by atoms with Gasteiger partial charge in [0.15, 0.2) is 12.3 Å². The number of amides is 2. The van der Waals surface area contributed by atoms with Gasteiger partial charge in [-0.3, -0.25) is 9.59 Å². The van der Waals surface area contributed by atoms with Gasteiger partial charge in [-0.25, -0.2) is 14.5 Å². The average Bonchev–Trinajstić information content (AvgIpc) is 3.30. The van der Waals surface area contributed by atoms with Gasteiger partial charge in [0.1, 0.15) is 0 Å². The van der Waals surface area contributed by atoms with E-state index in [9.17, 15) is 14.4 Å². The molecule has 2 amide bonds. The summed E-state index contributed by atoms with van der Waals surface area (Å²) >= 11 is 0. The van der Waals surface area contributed by atoms with Crippen LogP contribution in [0.5, 0.6) is 0 Å². The molecular weight excluding hydrogens is 434 g/mol. The van der Waals surface area contributed by atoms with Gasteiger partial charge in [-0.2, -0.15) is 5.10 Å². The van der Waals surface area contributed by atoms with Crippen LogP contribution in [0.3, 0.4) is 0 Å². The number of hydrogen-bond acceptors (Lipinski definition) is 6. The number of carbonyl (C=O) groups excluding carboxylic acids is 3. The van der Waals surface area contributed by atoms with Crippen LogP contribution in [-0.4, -0.2) is 46.2 Å². The number of pyridine rings is 1. The molecule has 0 saturated carbocycles. The lowest BCUT2D eigenvalue weighted by molar-refractivity contribution is -0.119. The standard InChI is InChI=1S/C25H23N5O4/c1-3-30-23-20(14-27-30)19(13-21(29-23)16-7-5-4-6-8-16)25(33)34-15-22(31)28-18-11-9-17(10-12-18)24(32)26-2/h4-14H,3,15H2,1-2H3,(H,26,32)(H,28,31). The highest BCUT2D eigenvalue weighted by Gasteiger charge is 2.19. The number of fused-ring (bicyclic) bond motifs is 1. The number of aromatic nitrogens is 3. The van der Waals surface area contributed by atoms with E-state index >= 15 is 0 Å². The Morgan fingerprint density at radius 1 is 1.03 bits per heavy atom. The number of carbonyl (C=O) groups is 3. The summed E-state index contributed by atoms with van der Waals surface area (Å²) in [4.78, 5) is 41.6. The molecule has 0 bridgehead atoms. The smallest absolute Gasteiger partial charge is 0.339 e. The van der Waals surface area contributed by atoms with Gasteiger partial charge in [0, 0.05) is 30.4 Å². The molecule has 0 spiro atoms. The summed E-state index contributed by atoms with van der Waals surface area (Å²) < 4.78 is 7.01. The van der Waals surface area contributed by atoms with Gasteiger partial charge in [-0.05, 0) is 37.3 Å². The predicted octanol–water partition coefficient (Wildman–Crippen LogP) is 3.27. The van der Waals surface area contributed by atoms with Crippen molar-refractivity contribution < 1.29 is 19.1 Å². The summed E-state index contributed by atoms with van der Waals surface area (Å²) in [6.45, 7) is 2.06. The molecule has 9 heteroatoms. The number of nitrogens with zero attached hydrogens (tertiary/aromatic N) is 3. The van der Waals surface area contributed by atoms with Gasteiger partial charge in [0.25, 0.3) is 11.8 Å². The first-order valence-electron chi connectivity index (χ1n) is 10.7. The lowest BCUT2D eigenvalue weighted by Crippen LogP contribution is -2.21. The number of esters is 1. The summed E-state index contributed by atoms with van der Waals surface area (Å²) in [6, 6.07) is 17.5. The molecule has 0 radical (unpaired) electrons. The van der Waals surface area contributed by atoms with Crippen LogP contribution in [0.2, 0.25) is 0 Å². The fraction of sp³-hybridized carbons (Fsp3) is 0.160. The molecule has 4 rings (SSSR count). The van der Waals surface area contributed by atoms with Crippen LogP contribution >= 0.6 is 0 Å². The van der Waals surface area contributed by atoms with Crippen LogP contribution in [0.25, 0.3) is 22.3 Å². The lowest BCUT2D eigenvalue weighted by atomic mass is 10.1. The number of aryl methyl sites for hydroxylation is 1. The topological polar surface area (TPSA) is 115 Å². The Hall–Kier alpha value is -4.53. The maximum atomic E-state index is 12.9. The Labute approximate surface area is 195 Å². The fourth-order valence-electron chi connectivity index (χ4n) is 3.46. The van der Waals surface area contributed by atoms with Crippen molar-refractivity contribution in [2.45, 2.75) is 13.5 Å². The van der Waals surface area contributed by atoms with E-state index in [4.69, 9.17) is 4.74 Å². The van der Waals surface area contributed by atoms with Gasteiger partial charge in [-0.1, -0.05) is 30.3 Å². The van der Waals surface area contributed by atoms with Gasteiger partial charge < -0.3 is 15.4 Å².